The molecule has 1 heterocycles. The molecule has 0 aromatic heterocycles. The Bertz CT molecular complexity index is 630. The molecular formula is C17H17FN2S. The Morgan fingerprint density at radius 3 is 2.71 bits per heavy atom. The van der Waals surface area contributed by atoms with Gasteiger partial charge in [0.15, 0.2) is 5.11 Å². The van der Waals surface area contributed by atoms with Crippen molar-refractivity contribution in [2.24, 2.45) is 0 Å². The predicted molar refractivity (Wildman–Crippen MR) is 88.0 cm³/mol. The van der Waals surface area contributed by atoms with Gasteiger partial charge in [0.05, 0.1) is 0 Å². The molecule has 1 saturated heterocycles. The van der Waals surface area contributed by atoms with Gasteiger partial charge < -0.3 is 10.2 Å². The maximum absolute atomic E-state index is 13.2. The number of rotatable bonds is 2. The van der Waals surface area contributed by atoms with Gasteiger partial charge in [-0.1, -0.05) is 36.4 Å². The van der Waals surface area contributed by atoms with Gasteiger partial charge in [-0.3, -0.25) is 0 Å². The molecule has 2 aromatic carbocycles. The molecule has 1 unspecified atom stereocenters. The Morgan fingerprint density at radius 1 is 1.14 bits per heavy atom. The van der Waals surface area contributed by atoms with Crippen LogP contribution in [-0.2, 0) is 0 Å². The molecule has 1 atom stereocenters. The van der Waals surface area contributed by atoms with Crippen LogP contribution in [0.25, 0.3) is 0 Å². The van der Waals surface area contributed by atoms with Gasteiger partial charge in [0.2, 0.25) is 0 Å². The van der Waals surface area contributed by atoms with Crippen LogP contribution in [-0.4, -0.2) is 23.1 Å². The monoisotopic (exact) mass is 300 g/mol. The molecule has 1 N–H and O–H groups in total. The Morgan fingerprint density at radius 2 is 1.95 bits per heavy atom. The fourth-order valence-electron chi connectivity index (χ4n) is 2.71. The number of hydrogen-bond donors (Lipinski definition) is 1. The third-order valence-electron chi connectivity index (χ3n) is 3.82. The fourth-order valence-corrected chi connectivity index (χ4v) is 2.99. The summed E-state index contributed by atoms with van der Waals surface area (Å²) in [6.45, 7) is 1.84. The number of anilines is 1. The molecule has 4 heteroatoms. The third kappa shape index (κ3) is 3.39. The number of nitrogens with one attached hydrogen (secondary N) is 1. The lowest BCUT2D eigenvalue weighted by molar-refractivity contribution is 0.518. The zero-order valence-electron chi connectivity index (χ0n) is 11.6. The second kappa shape index (κ2) is 6.22. The van der Waals surface area contributed by atoms with Gasteiger partial charge >= 0.3 is 0 Å². The second-order valence-electron chi connectivity index (χ2n) is 5.28. The first-order chi connectivity index (χ1) is 10.2. The molecule has 0 bridgehead atoms. The topological polar surface area (TPSA) is 15.3 Å². The second-order valence-corrected chi connectivity index (χ2v) is 5.67. The van der Waals surface area contributed by atoms with Crippen molar-refractivity contribution in [2.75, 3.05) is 18.4 Å². The van der Waals surface area contributed by atoms with Crippen LogP contribution in [0, 0.1) is 5.82 Å². The van der Waals surface area contributed by atoms with Crippen molar-refractivity contribution >= 4 is 23.0 Å². The van der Waals surface area contributed by atoms with Crippen LogP contribution in [0.15, 0.2) is 54.6 Å². The maximum Gasteiger partial charge on any atom is 0.173 e. The van der Waals surface area contributed by atoms with Gasteiger partial charge in [-0.15, -0.1) is 0 Å². The van der Waals surface area contributed by atoms with Crippen LogP contribution in [0.2, 0.25) is 0 Å². The first-order valence-corrected chi connectivity index (χ1v) is 7.49. The highest BCUT2D eigenvalue weighted by molar-refractivity contribution is 7.80. The van der Waals surface area contributed by atoms with Gasteiger partial charge in [0.25, 0.3) is 0 Å². The fraction of sp³-hybridized carbons (Fsp3) is 0.235. The molecule has 0 radical (unpaired) electrons. The first kappa shape index (κ1) is 14.0. The standard InChI is InChI=1S/C17H17FN2S/c18-15-7-4-8-16(11-15)19-17(21)20-10-9-14(12-20)13-5-2-1-3-6-13/h1-8,11,14H,9-10,12H2,(H,19,21). The smallest absolute Gasteiger partial charge is 0.173 e. The molecule has 2 aromatic rings. The normalized spacial score (nSPS) is 17.8. The average Bonchev–Trinajstić information content (AvgIpc) is 2.98. The lowest BCUT2D eigenvalue weighted by Gasteiger charge is -2.20. The van der Waals surface area contributed by atoms with E-state index in [0.717, 1.165) is 19.5 Å². The first-order valence-electron chi connectivity index (χ1n) is 7.09. The summed E-state index contributed by atoms with van der Waals surface area (Å²) in [6, 6.07) is 16.9. The lowest BCUT2D eigenvalue weighted by Crippen LogP contribution is -2.32. The zero-order valence-corrected chi connectivity index (χ0v) is 12.4. The van der Waals surface area contributed by atoms with Crippen molar-refractivity contribution in [1.82, 2.24) is 4.90 Å². The quantitative estimate of drug-likeness (QED) is 0.844. The summed E-state index contributed by atoms with van der Waals surface area (Å²) in [7, 11) is 0. The molecule has 21 heavy (non-hydrogen) atoms. The van der Waals surface area contributed by atoms with E-state index in [2.05, 4.69) is 34.5 Å². The SMILES string of the molecule is Fc1cccc(NC(=S)N2CCC(c3ccccc3)C2)c1. The van der Waals surface area contributed by atoms with Crippen molar-refractivity contribution < 1.29 is 4.39 Å². The average molecular weight is 300 g/mol. The van der Waals surface area contributed by atoms with Gasteiger partial charge in [-0.05, 0) is 42.4 Å². The summed E-state index contributed by atoms with van der Waals surface area (Å²) in [5, 5.41) is 3.78. The van der Waals surface area contributed by atoms with Gasteiger partial charge in [-0.25, -0.2) is 4.39 Å². The Kier molecular flexibility index (Phi) is 4.15. The molecule has 0 aliphatic carbocycles. The van der Waals surface area contributed by atoms with Crippen LogP contribution in [0.1, 0.15) is 17.9 Å². The van der Waals surface area contributed by atoms with Crippen molar-refractivity contribution in [3.05, 3.63) is 66.0 Å². The molecule has 1 aliphatic heterocycles. The summed E-state index contributed by atoms with van der Waals surface area (Å²) in [4.78, 5) is 2.15. The van der Waals surface area contributed by atoms with Crippen molar-refractivity contribution in [3.63, 3.8) is 0 Å². The molecule has 3 rings (SSSR count). The van der Waals surface area contributed by atoms with E-state index in [1.807, 2.05) is 12.1 Å². The summed E-state index contributed by atoms with van der Waals surface area (Å²) in [5.74, 6) is 0.254. The minimum absolute atomic E-state index is 0.258. The highest BCUT2D eigenvalue weighted by atomic mass is 32.1. The Labute approximate surface area is 129 Å². The number of hydrogen-bond acceptors (Lipinski definition) is 1. The van der Waals surface area contributed by atoms with E-state index in [1.54, 1.807) is 6.07 Å². The summed E-state index contributed by atoms with van der Waals surface area (Å²) < 4.78 is 13.2. The van der Waals surface area contributed by atoms with Crippen LogP contribution in [0.3, 0.4) is 0 Å². The van der Waals surface area contributed by atoms with E-state index in [4.69, 9.17) is 12.2 Å². The van der Waals surface area contributed by atoms with E-state index in [9.17, 15) is 4.39 Å². The summed E-state index contributed by atoms with van der Waals surface area (Å²) in [6.07, 6.45) is 1.09. The number of halogens is 1. The van der Waals surface area contributed by atoms with Crippen molar-refractivity contribution in [1.29, 1.82) is 0 Å². The largest absolute Gasteiger partial charge is 0.348 e. The maximum atomic E-state index is 13.2. The van der Waals surface area contributed by atoms with Crippen LogP contribution >= 0.6 is 12.2 Å². The van der Waals surface area contributed by atoms with Crippen molar-refractivity contribution in [2.45, 2.75) is 12.3 Å². The summed E-state index contributed by atoms with van der Waals surface area (Å²) in [5.41, 5.74) is 2.05. The molecule has 108 valence electrons. The Balaban J connectivity index is 1.62. The highest BCUT2D eigenvalue weighted by Gasteiger charge is 2.25. The van der Waals surface area contributed by atoms with Gasteiger partial charge in [-0.2, -0.15) is 0 Å². The number of likely N-dealkylation sites (tertiary alicyclic amines) is 1. The van der Waals surface area contributed by atoms with Gasteiger partial charge in [0.1, 0.15) is 5.82 Å². The number of thiocarbonyl (C=S) groups is 1. The predicted octanol–water partition coefficient (Wildman–Crippen LogP) is 4.01. The summed E-state index contributed by atoms with van der Waals surface area (Å²) >= 11 is 5.43. The van der Waals surface area contributed by atoms with Crippen LogP contribution < -0.4 is 5.32 Å². The molecule has 1 aliphatic rings. The molecule has 0 amide bonds. The molecular weight excluding hydrogens is 283 g/mol. The molecule has 0 saturated carbocycles. The minimum Gasteiger partial charge on any atom is -0.348 e. The molecule has 1 fully saturated rings. The van der Waals surface area contributed by atoms with Crippen LogP contribution in [0.5, 0.6) is 0 Å². The lowest BCUT2D eigenvalue weighted by atomic mass is 9.99. The van der Waals surface area contributed by atoms with Crippen molar-refractivity contribution in [3.8, 4) is 0 Å². The van der Waals surface area contributed by atoms with Crippen LogP contribution in [0.4, 0.5) is 10.1 Å². The van der Waals surface area contributed by atoms with E-state index in [1.165, 1.54) is 17.7 Å². The Hall–Kier alpha value is -1.94. The van der Waals surface area contributed by atoms with Gasteiger partial charge in [0, 0.05) is 24.7 Å². The van der Waals surface area contributed by atoms with E-state index in [-0.39, 0.29) is 5.82 Å². The number of benzene rings is 2. The zero-order chi connectivity index (χ0) is 14.7. The van der Waals surface area contributed by atoms with E-state index < -0.39 is 0 Å². The highest BCUT2D eigenvalue weighted by Crippen LogP contribution is 2.27. The van der Waals surface area contributed by atoms with E-state index >= 15 is 0 Å². The molecule has 0 spiro atoms. The minimum atomic E-state index is -0.258. The molecule has 2 nitrogen and oxygen atoms in total. The van der Waals surface area contributed by atoms with E-state index in [0.29, 0.717) is 16.7 Å². The third-order valence-corrected chi connectivity index (χ3v) is 4.18. The number of nitrogens with zero attached hydrogens (tertiary/aromatic N) is 1.